The van der Waals surface area contributed by atoms with Crippen LogP contribution in [0.3, 0.4) is 0 Å². The number of benzene rings is 1. The summed E-state index contributed by atoms with van der Waals surface area (Å²) in [5.74, 6) is 0. The predicted octanol–water partition coefficient (Wildman–Crippen LogP) is 3.23. The molecule has 1 N–H and O–H groups in total. The minimum atomic E-state index is -1.10. The van der Waals surface area contributed by atoms with E-state index in [4.69, 9.17) is 4.74 Å². The average molecular weight is 399 g/mol. The zero-order valence-corrected chi connectivity index (χ0v) is 17.5. The number of carbonyl (C=O) groups excluding carboxylic acids is 1. The second-order valence-electron chi connectivity index (χ2n) is 8.63. The van der Waals surface area contributed by atoms with E-state index < -0.39 is 17.2 Å². The summed E-state index contributed by atoms with van der Waals surface area (Å²) in [7, 11) is 0. The normalized spacial score (nSPS) is 17.6. The Hall–Kier alpha value is -2.67. The van der Waals surface area contributed by atoms with Gasteiger partial charge in [0, 0.05) is 24.7 Å². The van der Waals surface area contributed by atoms with Crippen molar-refractivity contribution >= 4 is 6.09 Å². The lowest BCUT2D eigenvalue weighted by molar-refractivity contribution is -0.0608. The zero-order chi connectivity index (χ0) is 21.2. The monoisotopic (exact) mass is 399 g/mol. The molecule has 1 aliphatic heterocycles. The predicted molar refractivity (Wildman–Crippen MR) is 111 cm³/mol. The van der Waals surface area contributed by atoms with E-state index >= 15 is 0 Å². The molecule has 1 aromatic heterocycles. The first-order valence-corrected chi connectivity index (χ1v) is 9.93. The molecule has 0 spiro atoms. The van der Waals surface area contributed by atoms with E-state index in [1.165, 1.54) is 17.0 Å². The SMILES string of the molecule is C[C@@H](n1cnc(-c2ccccc2)cc1=O)C1(O)CCN(C(=O)OC(C)(C)C)CC1. The van der Waals surface area contributed by atoms with Gasteiger partial charge in [-0.2, -0.15) is 0 Å². The minimum Gasteiger partial charge on any atom is -0.444 e. The topological polar surface area (TPSA) is 84.7 Å². The number of aromatic nitrogens is 2. The highest BCUT2D eigenvalue weighted by molar-refractivity contribution is 5.68. The molecule has 29 heavy (non-hydrogen) atoms. The lowest BCUT2D eigenvalue weighted by Crippen LogP contribution is -2.52. The Morgan fingerprint density at radius 2 is 1.83 bits per heavy atom. The van der Waals surface area contributed by atoms with Gasteiger partial charge in [-0.1, -0.05) is 30.3 Å². The van der Waals surface area contributed by atoms with Gasteiger partial charge in [-0.05, 0) is 40.5 Å². The lowest BCUT2D eigenvalue weighted by Gasteiger charge is -2.42. The van der Waals surface area contributed by atoms with E-state index in [9.17, 15) is 14.7 Å². The molecule has 0 saturated carbocycles. The van der Waals surface area contributed by atoms with E-state index in [0.29, 0.717) is 31.6 Å². The Morgan fingerprint density at radius 1 is 1.21 bits per heavy atom. The highest BCUT2D eigenvalue weighted by Crippen LogP contribution is 2.33. The second kappa shape index (κ2) is 7.99. The molecule has 7 nitrogen and oxygen atoms in total. The Bertz CT molecular complexity index is 910. The van der Waals surface area contributed by atoms with Gasteiger partial charge in [-0.15, -0.1) is 0 Å². The Labute approximate surface area is 171 Å². The van der Waals surface area contributed by atoms with Crippen LogP contribution in [0.2, 0.25) is 0 Å². The summed E-state index contributed by atoms with van der Waals surface area (Å²) in [5.41, 5.74) is -0.399. The molecular formula is C22H29N3O4. The average Bonchev–Trinajstić information content (AvgIpc) is 2.67. The van der Waals surface area contributed by atoms with Gasteiger partial charge in [-0.25, -0.2) is 9.78 Å². The largest absolute Gasteiger partial charge is 0.444 e. The number of likely N-dealkylation sites (tertiary alicyclic amines) is 1. The first-order valence-electron chi connectivity index (χ1n) is 9.93. The van der Waals surface area contributed by atoms with Crippen molar-refractivity contribution in [3.63, 3.8) is 0 Å². The van der Waals surface area contributed by atoms with Crippen LogP contribution in [0.4, 0.5) is 4.79 Å². The van der Waals surface area contributed by atoms with Crippen LogP contribution < -0.4 is 5.56 Å². The maximum Gasteiger partial charge on any atom is 0.410 e. The highest BCUT2D eigenvalue weighted by atomic mass is 16.6. The van der Waals surface area contributed by atoms with Crippen LogP contribution in [-0.4, -0.2) is 49.9 Å². The summed E-state index contributed by atoms with van der Waals surface area (Å²) in [6, 6.07) is 10.5. The van der Waals surface area contributed by atoms with Gasteiger partial charge in [0.1, 0.15) is 5.60 Å². The first-order chi connectivity index (χ1) is 13.6. The molecule has 0 aliphatic carbocycles. The standard InChI is InChI=1S/C22H29N3O4/c1-16(22(28)10-12-24(13-11-22)20(27)29-21(2,3)4)25-15-23-18(14-19(25)26)17-8-6-5-7-9-17/h5-9,14-16,28H,10-13H2,1-4H3/t16-/m1/s1. The number of hydrogen-bond acceptors (Lipinski definition) is 5. The third-order valence-electron chi connectivity index (χ3n) is 5.38. The van der Waals surface area contributed by atoms with E-state index in [1.807, 2.05) is 58.0 Å². The van der Waals surface area contributed by atoms with Gasteiger partial charge in [0.25, 0.3) is 5.56 Å². The number of ether oxygens (including phenoxy) is 1. The van der Waals surface area contributed by atoms with Crippen LogP contribution in [0.25, 0.3) is 11.3 Å². The van der Waals surface area contributed by atoms with Crippen molar-refractivity contribution in [2.75, 3.05) is 13.1 Å². The summed E-state index contributed by atoms with van der Waals surface area (Å²) in [6.07, 6.45) is 1.84. The van der Waals surface area contributed by atoms with Crippen molar-refractivity contribution in [2.45, 2.75) is 57.8 Å². The third-order valence-corrected chi connectivity index (χ3v) is 5.38. The van der Waals surface area contributed by atoms with Crippen LogP contribution in [0.1, 0.15) is 46.6 Å². The molecule has 3 rings (SSSR count). The van der Waals surface area contributed by atoms with Crippen molar-refractivity contribution in [3.05, 3.63) is 53.1 Å². The maximum atomic E-state index is 12.7. The number of hydrogen-bond donors (Lipinski definition) is 1. The summed E-state index contributed by atoms with van der Waals surface area (Å²) < 4.78 is 6.87. The fourth-order valence-corrected chi connectivity index (χ4v) is 3.55. The van der Waals surface area contributed by atoms with Gasteiger partial charge in [0.2, 0.25) is 0 Å². The summed E-state index contributed by atoms with van der Waals surface area (Å²) in [6.45, 7) is 8.04. The lowest BCUT2D eigenvalue weighted by atomic mass is 9.85. The van der Waals surface area contributed by atoms with Crippen molar-refractivity contribution in [3.8, 4) is 11.3 Å². The Morgan fingerprint density at radius 3 is 2.38 bits per heavy atom. The number of amides is 1. The molecule has 1 fully saturated rings. The number of carbonyl (C=O) groups is 1. The van der Waals surface area contributed by atoms with Gasteiger partial charge < -0.3 is 14.7 Å². The smallest absolute Gasteiger partial charge is 0.410 e. The molecule has 1 saturated heterocycles. The van der Waals surface area contributed by atoms with E-state index in [-0.39, 0.29) is 11.7 Å². The molecule has 1 atom stereocenters. The van der Waals surface area contributed by atoms with Crippen LogP contribution in [0.5, 0.6) is 0 Å². The van der Waals surface area contributed by atoms with Crippen LogP contribution in [0.15, 0.2) is 47.5 Å². The van der Waals surface area contributed by atoms with Gasteiger partial charge in [-0.3, -0.25) is 9.36 Å². The number of piperidine rings is 1. The first kappa shape index (κ1) is 21.0. The van der Waals surface area contributed by atoms with Crippen molar-refractivity contribution in [2.24, 2.45) is 0 Å². The molecule has 0 unspecified atom stereocenters. The molecule has 2 aromatic rings. The fourth-order valence-electron chi connectivity index (χ4n) is 3.55. The van der Waals surface area contributed by atoms with Gasteiger partial charge in [0.05, 0.1) is 23.7 Å². The quantitative estimate of drug-likeness (QED) is 0.857. The van der Waals surface area contributed by atoms with Crippen LogP contribution in [0, 0.1) is 0 Å². The molecule has 156 valence electrons. The van der Waals surface area contributed by atoms with Crippen LogP contribution >= 0.6 is 0 Å². The molecule has 1 aromatic carbocycles. The minimum absolute atomic E-state index is 0.214. The van der Waals surface area contributed by atoms with Crippen molar-refractivity contribution < 1.29 is 14.6 Å². The van der Waals surface area contributed by atoms with E-state index in [0.717, 1.165) is 5.56 Å². The number of aliphatic hydroxyl groups is 1. The van der Waals surface area contributed by atoms with Gasteiger partial charge >= 0.3 is 6.09 Å². The summed E-state index contributed by atoms with van der Waals surface area (Å²) in [5, 5.41) is 11.2. The molecular weight excluding hydrogens is 370 g/mol. The van der Waals surface area contributed by atoms with Gasteiger partial charge in [0.15, 0.2) is 0 Å². The van der Waals surface area contributed by atoms with Crippen molar-refractivity contribution in [1.29, 1.82) is 0 Å². The summed E-state index contributed by atoms with van der Waals surface area (Å²) >= 11 is 0. The maximum absolute atomic E-state index is 12.7. The van der Waals surface area contributed by atoms with E-state index in [1.54, 1.807) is 4.90 Å². The Kier molecular flexibility index (Phi) is 5.80. The van der Waals surface area contributed by atoms with Crippen LogP contribution in [-0.2, 0) is 4.74 Å². The second-order valence-corrected chi connectivity index (χ2v) is 8.63. The van der Waals surface area contributed by atoms with Crippen molar-refractivity contribution in [1.82, 2.24) is 14.5 Å². The summed E-state index contributed by atoms with van der Waals surface area (Å²) in [4.78, 5) is 31.0. The molecule has 0 radical (unpaired) electrons. The molecule has 2 heterocycles. The Balaban J connectivity index is 1.71. The zero-order valence-electron chi connectivity index (χ0n) is 17.5. The number of nitrogens with zero attached hydrogens (tertiary/aromatic N) is 3. The molecule has 7 heteroatoms. The number of rotatable bonds is 3. The molecule has 1 aliphatic rings. The molecule has 1 amide bonds. The highest BCUT2D eigenvalue weighted by Gasteiger charge is 2.40. The fraction of sp³-hybridized carbons (Fsp3) is 0.500. The third kappa shape index (κ3) is 4.85. The van der Waals surface area contributed by atoms with E-state index in [2.05, 4.69) is 4.98 Å². The molecule has 0 bridgehead atoms.